The molecule has 1 heterocycles. The highest BCUT2D eigenvalue weighted by Crippen LogP contribution is 2.23. The molecule has 1 aromatic heterocycles. The van der Waals surface area contributed by atoms with Crippen molar-refractivity contribution in [2.75, 3.05) is 5.73 Å². The van der Waals surface area contributed by atoms with Crippen molar-refractivity contribution in [2.45, 2.75) is 18.2 Å². The third-order valence-electron chi connectivity index (χ3n) is 2.30. The molecule has 0 spiro atoms. The maximum atomic E-state index is 11.2. The first-order chi connectivity index (χ1) is 7.41. The summed E-state index contributed by atoms with van der Waals surface area (Å²) in [7, 11) is -3.74. The van der Waals surface area contributed by atoms with E-state index < -0.39 is 10.0 Å². The highest BCUT2D eigenvalue weighted by Gasteiger charge is 2.13. The van der Waals surface area contributed by atoms with Gasteiger partial charge in [-0.25, -0.2) is 18.5 Å². The molecule has 1 aromatic carbocycles. The number of fused-ring (bicyclic) bond motifs is 1. The number of aryl methyl sites for hydroxylation is 1. The van der Waals surface area contributed by atoms with Crippen molar-refractivity contribution in [2.24, 2.45) is 5.14 Å². The molecule has 0 atom stereocenters. The van der Waals surface area contributed by atoms with Crippen molar-refractivity contribution in [3.63, 3.8) is 0 Å². The van der Waals surface area contributed by atoms with Crippen LogP contribution < -0.4 is 10.9 Å². The van der Waals surface area contributed by atoms with Crippen LogP contribution in [0, 0.1) is 0 Å². The van der Waals surface area contributed by atoms with E-state index in [0.29, 0.717) is 16.7 Å². The Kier molecular flexibility index (Phi) is 2.36. The van der Waals surface area contributed by atoms with Gasteiger partial charge in [0.2, 0.25) is 10.0 Å². The molecule has 0 amide bonds. The van der Waals surface area contributed by atoms with Crippen LogP contribution in [0.1, 0.15) is 12.7 Å². The van der Waals surface area contributed by atoms with E-state index in [1.165, 1.54) is 12.1 Å². The molecule has 2 aromatic rings. The minimum atomic E-state index is -3.74. The van der Waals surface area contributed by atoms with E-state index in [0.717, 1.165) is 12.2 Å². The zero-order valence-electron chi connectivity index (χ0n) is 8.69. The van der Waals surface area contributed by atoms with E-state index in [2.05, 4.69) is 9.97 Å². The van der Waals surface area contributed by atoms with E-state index in [9.17, 15) is 8.42 Å². The molecule has 0 bridgehead atoms. The topological polar surface area (TPSA) is 115 Å². The molecular formula is C9H12N4O2S. The first kappa shape index (κ1) is 10.9. The molecule has 86 valence electrons. The second kappa shape index (κ2) is 3.46. The van der Waals surface area contributed by atoms with Gasteiger partial charge in [0.1, 0.15) is 11.3 Å². The standard InChI is InChI=1S/C9H12N4O2S/c1-2-8-12-7-4-5(16(11,14)15)3-6(10)9(7)13-8/h3-4H,2,10H2,1H3,(H,12,13)(H2,11,14,15). The number of rotatable bonds is 2. The Balaban J connectivity index is 2.76. The number of aromatic nitrogens is 2. The fourth-order valence-corrected chi connectivity index (χ4v) is 2.07. The predicted octanol–water partition coefficient (Wildman–Crippen LogP) is 0.355. The van der Waals surface area contributed by atoms with Gasteiger partial charge in [-0.1, -0.05) is 6.92 Å². The lowest BCUT2D eigenvalue weighted by molar-refractivity contribution is 0.598. The van der Waals surface area contributed by atoms with E-state index in [4.69, 9.17) is 10.9 Å². The molecule has 0 fully saturated rings. The largest absolute Gasteiger partial charge is 0.397 e. The summed E-state index contributed by atoms with van der Waals surface area (Å²) >= 11 is 0. The Morgan fingerprint density at radius 2 is 2.12 bits per heavy atom. The Labute approximate surface area is 92.7 Å². The zero-order valence-corrected chi connectivity index (χ0v) is 9.50. The summed E-state index contributed by atoms with van der Waals surface area (Å²) in [4.78, 5) is 7.21. The van der Waals surface area contributed by atoms with Crippen LogP contribution >= 0.6 is 0 Å². The number of sulfonamides is 1. The van der Waals surface area contributed by atoms with Crippen molar-refractivity contribution in [3.05, 3.63) is 18.0 Å². The predicted molar refractivity (Wildman–Crippen MR) is 61.3 cm³/mol. The first-order valence-electron chi connectivity index (χ1n) is 4.72. The molecule has 0 radical (unpaired) electrons. The third-order valence-corrected chi connectivity index (χ3v) is 3.19. The molecule has 0 aliphatic rings. The molecule has 5 N–H and O–H groups in total. The average Bonchev–Trinajstić information content (AvgIpc) is 2.59. The van der Waals surface area contributed by atoms with Gasteiger partial charge in [0.05, 0.1) is 16.1 Å². The van der Waals surface area contributed by atoms with Gasteiger partial charge in [-0.3, -0.25) is 0 Å². The normalized spacial score (nSPS) is 12.1. The van der Waals surface area contributed by atoms with Crippen LogP contribution in [0.3, 0.4) is 0 Å². The molecular weight excluding hydrogens is 228 g/mol. The molecule has 0 unspecified atom stereocenters. The number of primary sulfonamides is 1. The zero-order chi connectivity index (χ0) is 11.9. The van der Waals surface area contributed by atoms with Gasteiger partial charge in [0, 0.05) is 6.42 Å². The van der Waals surface area contributed by atoms with Gasteiger partial charge in [-0.05, 0) is 12.1 Å². The summed E-state index contributed by atoms with van der Waals surface area (Å²) in [5, 5.41) is 5.04. The number of aromatic amines is 1. The van der Waals surface area contributed by atoms with Crippen LogP contribution in [0.5, 0.6) is 0 Å². The van der Waals surface area contributed by atoms with E-state index in [1.807, 2.05) is 6.92 Å². The smallest absolute Gasteiger partial charge is 0.238 e. The van der Waals surface area contributed by atoms with Crippen LogP contribution in [0.25, 0.3) is 11.0 Å². The van der Waals surface area contributed by atoms with E-state index >= 15 is 0 Å². The van der Waals surface area contributed by atoms with Gasteiger partial charge >= 0.3 is 0 Å². The minimum absolute atomic E-state index is 0.0104. The maximum Gasteiger partial charge on any atom is 0.238 e. The minimum Gasteiger partial charge on any atom is -0.397 e. The lowest BCUT2D eigenvalue weighted by atomic mass is 10.3. The van der Waals surface area contributed by atoms with Crippen LogP contribution in [0.15, 0.2) is 17.0 Å². The first-order valence-corrected chi connectivity index (χ1v) is 6.27. The summed E-state index contributed by atoms with van der Waals surface area (Å²) in [5.41, 5.74) is 7.18. The van der Waals surface area contributed by atoms with Crippen molar-refractivity contribution in [3.8, 4) is 0 Å². The Bertz CT molecular complexity index is 645. The number of nitrogens with two attached hydrogens (primary N) is 2. The number of hydrogen-bond acceptors (Lipinski definition) is 4. The summed E-state index contributed by atoms with van der Waals surface area (Å²) in [6.45, 7) is 1.94. The molecule has 0 aliphatic carbocycles. The molecule has 0 aliphatic heterocycles. The average molecular weight is 240 g/mol. The Morgan fingerprint density at radius 3 is 2.69 bits per heavy atom. The number of H-pyrrole nitrogens is 1. The van der Waals surface area contributed by atoms with Crippen molar-refractivity contribution in [1.29, 1.82) is 0 Å². The number of nitrogens with zero attached hydrogens (tertiary/aromatic N) is 1. The number of nitrogen functional groups attached to an aromatic ring is 1. The van der Waals surface area contributed by atoms with Crippen LogP contribution in [0.4, 0.5) is 5.69 Å². The molecule has 0 saturated carbocycles. The van der Waals surface area contributed by atoms with Gasteiger partial charge in [-0.15, -0.1) is 0 Å². The number of nitrogens with one attached hydrogen (secondary N) is 1. The summed E-state index contributed by atoms with van der Waals surface area (Å²) in [6.07, 6.45) is 0.721. The van der Waals surface area contributed by atoms with Crippen molar-refractivity contribution >= 4 is 26.7 Å². The van der Waals surface area contributed by atoms with E-state index in [-0.39, 0.29) is 4.90 Å². The fraction of sp³-hybridized carbons (Fsp3) is 0.222. The highest BCUT2D eigenvalue weighted by molar-refractivity contribution is 7.89. The quantitative estimate of drug-likeness (QED) is 0.657. The monoisotopic (exact) mass is 240 g/mol. The number of anilines is 1. The van der Waals surface area contributed by atoms with Gasteiger partial charge in [0.25, 0.3) is 0 Å². The van der Waals surface area contributed by atoms with Gasteiger partial charge in [-0.2, -0.15) is 0 Å². The number of imidazole rings is 1. The molecule has 2 rings (SSSR count). The summed E-state index contributed by atoms with van der Waals surface area (Å²) in [6, 6.07) is 2.76. The molecule has 6 nitrogen and oxygen atoms in total. The SMILES string of the molecule is CCc1nc2c(N)cc(S(N)(=O)=O)cc2[nH]1. The van der Waals surface area contributed by atoms with Crippen LogP contribution in [-0.4, -0.2) is 18.4 Å². The fourth-order valence-electron chi connectivity index (χ4n) is 1.50. The molecule has 16 heavy (non-hydrogen) atoms. The Morgan fingerprint density at radius 1 is 1.44 bits per heavy atom. The summed E-state index contributed by atoms with van der Waals surface area (Å²) < 4.78 is 22.4. The van der Waals surface area contributed by atoms with Crippen LogP contribution in [0.2, 0.25) is 0 Å². The second-order valence-corrected chi connectivity index (χ2v) is 5.05. The summed E-state index contributed by atoms with van der Waals surface area (Å²) in [5.74, 6) is 0.758. The number of benzene rings is 1. The van der Waals surface area contributed by atoms with Gasteiger partial charge < -0.3 is 10.7 Å². The van der Waals surface area contributed by atoms with E-state index in [1.54, 1.807) is 0 Å². The van der Waals surface area contributed by atoms with Gasteiger partial charge in [0.15, 0.2) is 0 Å². The number of hydrogen-bond donors (Lipinski definition) is 3. The second-order valence-electron chi connectivity index (χ2n) is 3.49. The highest BCUT2D eigenvalue weighted by atomic mass is 32.2. The van der Waals surface area contributed by atoms with Crippen molar-refractivity contribution in [1.82, 2.24) is 9.97 Å². The molecule has 7 heteroatoms. The lowest BCUT2D eigenvalue weighted by Gasteiger charge is -2.00. The maximum absolute atomic E-state index is 11.2. The Hall–Kier alpha value is -1.60. The lowest BCUT2D eigenvalue weighted by Crippen LogP contribution is -2.12. The third kappa shape index (κ3) is 1.74. The van der Waals surface area contributed by atoms with Crippen molar-refractivity contribution < 1.29 is 8.42 Å². The molecule has 0 saturated heterocycles. The van der Waals surface area contributed by atoms with Crippen LogP contribution in [-0.2, 0) is 16.4 Å².